The monoisotopic (exact) mass is 214 g/mol. The second-order valence-corrected chi connectivity index (χ2v) is 4.29. The lowest BCUT2D eigenvalue weighted by Gasteiger charge is -2.35. The molecule has 0 radical (unpaired) electrons. The Kier molecular flexibility index (Phi) is 3.22. The number of nitrogens with two attached hydrogens (primary N) is 1. The summed E-state index contributed by atoms with van der Waals surface area (Å²) < 4.78 is 0. The van der Waals surface area contributed by atoms with Crippen LogP contribution in [0.2, 0.25) is 0 Å². The average Bonchev–Trinajstić information content (AvgIpc) is 2.30. The summed E-state index contributed by atoms with van der Waals surface area (Å²) in [5.74, 6) is 0. The summed E-state index contributed by atoms with van der Waals surface area (Å²) in [7, 11) is 1.95. The molecule has 0 aromatic heterocycles. The minimum Gasteiger partial charge on any atom is -0.320 e. The highest BCUT2D eigenvalue weighted by atomic mass is 15.0. The molecule has 1 aliphatic carbocycles. The van der Waals surface area contributed by atoms with Crippen LogP contribution < -0.4 is 11.1 Å². The van der Waals surface area contributed by atoms with Crippen LogP contribution in [0.3, 0.4) is 0 Å². The van der Waals surface area contributed by atoms with Crippen molar-refractivity contribution < 1.29 is 0 Å². The highest BCUT2D eigenvalue weighted by molar-refractivity contribution is 5.31. The fourth-order valence-electron chi connectivity index (χ4n) is 2.18. The van der Waals surface area contributed by atoms with E-state index in [1.807, 2.05) is 25.3 Å². The maximum atomic E-state index is 6.45. The Morgan fingerprint density at radius 3 is 2.69 bits per heavy atom. The number of likely N-dealkylation sites (N-methyl/N-ethyl adjacent to an activating group) is 1. The summed E-state index contributed by atoms with van der Waals surface area (Å²) in [5, 5.41) is 3.25. The van der Waals surface area contributed by atoms with Gasteiger partial charge in [-0.15, -0.1) is 0 Å². The Bertz CT molecular complexity index is 394. The Morgan fingerprint density at radius 1 is 1.25 bits per heavy atom. The van der Waals surface area contributed by atoms with Gasteiger partial charge in [-0.05, 0) is 19.0 Å². The molecule has 1 aromatic rings. The fourth-order valence-corrected chi connectivity index (χ4v) is 2.18. The van der Waals surface area contributed by atoms with Gasteiger partial charge in [0.2, 0.25) is 0 Å². The van der Waals surface area contributed by atoms with Gasteiger partial charge >= 0.3 is 0 Å². The van der Waals surface area contributed by atoms with Crippen molar-refractivity contribution in [1.29, 1.82) is 0 Å². The van der Waals surface area contributed by atoms with Crippen LogP contribution in [-0.2, 0) is 6.42 Å². The second kappa shape index (κ2) is 4.64. The molecule has 84 valence electrons. The van der Waals surface area contributed by atoms with Crippen LogP contribution in [0, 0.1) is 0 Å². The Balaban J connectivity index is 2.19. The van der Waals surface area contributed by atoms with Gasteiger partial charge in [-0.2, -0.15) is 0 Å². The van der Waals surface area contributed by atoms with Crippen LogP contribution in [0.5, 0.6) is 0 Å². The lowest BCUT2D eigenvalue weighted by atomic mass is 9.82. The van der Waals surface area contributed by atoms with Crippen LogP contribution in [0.15, 0.2) is 54.6 Å². The Hall–Kier alpha value is -1.38. The Labute approximate surface area is 96.9 Å². The van der Waals surface area contributed by atoms with Gasteiger partial charge in [0.05, 0.1) is 5.54 Å². The molecular formula is C14H18N2. The van der Waals surface area contributed by atoms with Crippen molar-refractivity contribution in [3.63, 3.8) is 0 Å². The number of rotatable bonds is 3. The van der Waals surface area contributed by atoms with Crippen LogP contribution in [0.4, 0.5) is 0 Å². The maximum absolute atomic E-state index is 6.45. The minimum atomic E-state index is -0.329. The van der Waals surface area contributed by atoms with E-state index >= 15 is 0 Å². The molecule has 2 atom stereocenters. The zero-order chi connectivity index (χ0) is 11.4. The van der Waals surface area contributed by atoms with Gasteiger partial charge in [-0.25, -0.2) is 0 Å². The second-order valence-electron chi connectivity index (χ2n) is 4.29. The summed E-state index contributed by atoms with van der Waals surface area (Å²) >= 11 is 0. The largest absolute Gasteiger partial charge is 0.320 e. The molecule has 2 rings (SSSR count). The summed E-state index contributed by atoms with van der Waals surface area (Å²) in [6.45, 7) is 0. The van der Waals surface area contributed by atoms with Gasteiger partial charge in [0, 0.05) is 6.04 Å². The summed E-state index contributed by atoms with van der Waals surface area (Å²) in [4.78, 5) is 0. The van der Waals surface area contributed by atoms with Crippen molar-refractivity contribution >= 4 is 0 Å². The molecular weight excluding hydrogens is 196 g/mol. The zero-order valence-corrected chi connectivity index (χ0v) is 9.56. The normalized spacial score (nSPS) is 28.2. The van der Waals surface area contributed by atoms with Crippen molar-refractivity contribution in [3.05, 3.63) is 60.2 Å². The number of allylic oxidation sites excluding steroid dienone is 2. The third-order valence-electron chi connectivity index (χ3n) is 3.06. The topological polar surface area (TPSA) is 38.0 Å². The standard InChI is InChI=1S/C14H18N2/c1-16-13-9-5-6-10-14(13,15)11-12-7-3-2-4-8-12/h2-10,13,16H,11,15H2,1H3. The molecule has 1 aliphatic rings. The van der Waals surface area contributed by atoms with E-state index in [0.29, 0.717) is 0 Å². The molecule has 0 spiro atoms. The predicted octanol–water partition coefficient (Wildman–Crippen LogP) is 1.64. The molecule has 0 amide bonds. The highest BCUT2D eigenvalue weighted by Gasteiger charge is 2.31. The van der Waals surface area contributed by atoms with Crippen LogP contribution in [0.25, 0.3) is 0 Å². The minimum absolute atomic E-state index is 0.192. The van der Waals surface area contributed by atoms with Gasteiger partial charge in [-0.1, -0.05) is 54.6 Å². The van der Waals surface area contributed by atoms with E-state index in [-0.39, 0.29) is 11.6 Å². The van der Waals surface area contributed by atoms with E-state index in [0.717, 1.165) is 6.42 Å². The van der Waals surface area contributed by atoms with E-state index in [4.69, 9.17) is 5.73 Å². The van der Waals surface area contributed by atoms with E-state index in [9.17, 15) is 0 Å². The zero-order valence-electron chi connectivity index (χ0n) is 9.56. The van der Waals surface area contributed by atoms with Gasteiger partial charge in [0.25, 0.3) is 0 Å². The van der Waals surface area contributed by atoms with E-state index < -0.39 is 0 Å². The summed E-state index contributed by atoms with van der Waals surface area (Å²) in [6, 6.07) is 10.6. The molecule has 0 saturated carbocycles. The predicted molar refractivity (Wildman–Crippen MR) is 68.2 cm³/mol. The van der Waals surface area contributed by atoms with E-state index in [1.165, 1.54) is 5.56 Å². The molecule has 2 unspecified atom stereocenters. The molecule has 0 bridgehead atoms. The third kappa shape index (κ3) is 2.23. The Morgan fingerprint density at radius 2 is 2.00 bits per heavy atom. The molecule has 2 nitrogen and oxygen atoms in total. The average molecular weight is 214 g/mol. The number of benzene rings is 1. The van der Waals surface area contributed by atoms with Gasteiger partial charge < -0.3 is 11.1 Å². The first-order chi connectivity index (χ1) is 7.74. The molecule has 0 fully saturated rings. The smallest absolute Gasteiger partial charge is 0.0575 e. The summed E-state index contributed by atoms with van der Waals surface area (Å²) in [5.41, 5.74) is 7.39. The van der Waals surface area contributed by atoms with Crippen molar-refractivity contribution in [2.75, 3.05) is 7.05 Å². The molecule has 3 N–H and O–H groups in total. The molecule has 1 aromatic carbocycles. The van der Waals surface area contributed by atoms with Crippen LogP contribution in [0.1, 0.15) is 5.56 Å². The lowest BCUT2D eigenvalue weighted by molar-refractivity contribution is 0.419. The van der Waals surface area contributed by atoms with E-state index in [2.05, 4.69) is 41.7 Å². The van der Waals surface area contributed by atoms with Crippen molar-refractivity contribution in [2.45, 2.75) is 18.0 Å². The van der Waals surface area contributed by atoms with Crippen molar-refractivity contribution in [1.82, 2.24) is 5.32 Å². The molecule has 0 saturated heterocycles. The molecule has 2 heteroatoms. The quantitative estimate of drug-likeness (QED) is 0.802. The number of hydrogen-bond acceptors (Lipinski definition) is 2. The lowest BCUT2D eigenvalue weighted by Crippen LogP contribution is -2.56. The third-order valence-corrected chi connectivity index (χ3v) is 3.06. The highest BCUT2D eigenvalue weighted by Crippen LogP contribution is 2.20. The number of hydrogen-bond donors (Lipinski definition) is 2. The first-order valence-electron chi connectivity index (χ1n) is 5.61. The van der Waals surface area contributed by atoms with Crippen molar-refractivity contribution in [2.24, 2.45) is 5.73 Å². The van der Waals surface area contributed by atoms with Gasteiger partial charge in [0.1, 0.15) is 0 Å². The van der Waals surface area contributed by atoms with Gasteiger partial charge in [0.15, 0.2) is 0 Å². The molecule has 0 aliphatic heterocycles. The maximum Gasteiger partial charge on any atom is 0.0575 e. The first kappa shape index (κ1) is 11.1. The number of nitrogens with one attached hydrogen (secondary N) is 1. The fraction of sp³-hybridized carbons (Fsp3) is 0.286. The van der Waals surface area contributed by atoms with Crippen molar-refractivity contribution in [3.8, 4) is 0 Å². The molecule has 16 heavy (non-hydrogen) atoms. The SMILES string of the molecule is CNC1C=CC=CC1(N)Cc1ccccc1. The first-order valence-corrected chi connectivity index (χ1v) is 5.61. The van der Waals surface area contributed by atoms with E-state index in [1.54, 1.807) is 0 Å². The summed E-state index contributed by atoms with van der Waals surface area (Å²) in [6.07, 6.45) is 9.11. The molecule has 0 heterocycles. The van der Waals surface area contributed by atoms with Gasteiger partial charge in [-0.3, -0.25) is 0 Å². The van der Waals surface area contributed by atoms with Crippen LogP contribution in [-0.4, -0.2) is 18.6 Å². The van der Waals surface area contributed by atoms with Crippen LogP contribution >= 0.6 is 0 Å².